The van der Waals surface area contributed by atoms with Gasteiger partial charge in [0.25, 0.3) is 0 Å². The predicted octanol–water partition coefficient (Wildman–Crippen LogP) is 4.64. The van der Waals surface area contributed by atoms with Crippen molar-refractivity contribution < 1.29 is 32.5 Å². The van der Waals surface area contributed by atoms with E-state index in [0.717, 1.165) is 6.08 Å². The van der Waals surface area contributed by atoms with Crippen molar-refractivity contribution in [3.8, 4) is 0 Å². The summed E-state index contributed by atoms with van der Waals surface area (Å²) in [7, 11) is 0. The molecule has 0 rings (SSSR count). The second-order valence-electron chi connectivity index (χ2n) is 5.44. The molecule has 1 atom stereocenters. The fourth-order valence-electron chi connectivity index (χ4n) is 1.65. The van der Waals surface area contributed by atoms with Gasteiger partial charge in [-0.05, 0) is 18.9 Å². The van der Waals surface area contributed by atoms with Crippen molar-refractivity contribution >= 4 is 0 Å². The van der Waals surface area contributed by atoms with Crippen molar-refractivity contribution in [2.75, 3.05) is 13.3 Å². The van der Waals surface area contributed by atoms with E-state index < -0.39 is 30.8 Å². The Balaban J connectivity index is 0. The summed E-state index contributed by atoms with van der Waals surface area (Å²) in [5, 5.41) is 18.5. The minimum Gasteiger partial charge on any atom is -0.377 e. The van der Waals surface area contributed by atoms with Crippen molar-refractivity contribution in [2.45, 2.75) is 50.2 Å². The zero-order chi connectivity index (χ0) is 20.1. The molecule has 7 heteroatoms. The first-order chi connectivity index (χ1) is 11.4. The largest absolute Gasteiger partial charge is 0.388 e. The van der Waals surface area contributed by atoms with E-state index in [9.17, 15) is 22.7 Å². The maximum Gasteiger partial charge on any atom is 0.388 e. The highest BCUT2D eigenvalue weighted by molar-refractivity contribution is 5.15. The lowest BCUT2D eigenvalue weighted by Crippen LogP contribution is -2.50. The number of halogens is 4. The van der Waals surface area contributed by atoms with Crippen LogP contribution in [-0.4, -0.2) is 41.1 Å². The Morgan fingerprint density at radius 3 is 1.76 bits per heavy atom. The molecule has 0 aliphatic rings. The standard InChI is InChI=1S/C11H17F3O2.C7H11FO/c1-4-6-10(15,9(2)3)11(13,14)16-8-5-7-12;1-3-5-7(8,9)6-4-2/h4,15H,1-2,5-8H2,3H3;3-4,9H,1-2,5-6H2. The second-order valence-corrected chi connectivity index (χ2v) is 5.44. The zero-order valence-electron chi connectivity index (χ0n) is 14.6. The van der Waals surface area contributed by atoms with Gasteiger partial charge in [0.05, 0.1) is 13.3 Å². The molecule has 2 N–H and O–H groups in total. The summed E-state index contributed by atoms with van der Waals surface area (Å²) in [5.74, 6) is -2.14. The highest BCUT2D eigenvalue weighted by Crippen LogP contribution is 2.38. The van der Waals surface area contributed by atoms with Crippen LogP contribution in [0.5, 0.6) is 0 Å². The minimum atomic E-state index is -3.80. The lowest BCUT2D eigenvalue weighted by atomic mass is 9.91. The fraction of sp³-hybridized carbons (Fsp3) is 0.556. The molecule has 0 amide bonds. The molecule has 0 saturated heterocycles. The van der Waals surface area contributed by atoms with Crippen molar-refractivity contribution in [2.24, 2.45) is 0 Å². The van der Waals surface area contributed by atoms with Crippen LogP contribution >= 0.6 is 0 Å². The molecular weight excluding hydrogens is 340 g/mol. The second kappa shape index (κ2) is 12.0. The van der Waals surface area contributed by atoms with Gasteiger partial charge in [0.15, 0.2) is 5.60 Å². The maximum atomic E-state index is 13.5. The zero-order valence-corrected chi connectivity index (χ0v) is 14.6. The molecule has 0 bridgehead atoms. The van der Waals surface area contributed by atoms with Crippen LogP contribution in [0.25, 0.3) is 0 Å². The Kier molecular flexibility index (Phi) is 12.4. The lowest BCUT2D eigenvalue weighted by Gasteiger charge is -2.34. The molecule has 0 aliphatic carbocycles. The van der Waals surface area contributed by atoms with Gasteiger partial charge < -0.3 is 14.9 Å². The predicted molar refractivity (Wildman–Crippen MR) is 91.8 cm³/mol. The molecule has 0 spiro atoms. The van der Waals surface area contributed by atoms with Crippen LogP contribution in [0.15, 0.2) is 50.1 Å². The van der Waals surface area contributed by atoms with Gasteiger partial charge in [-0.1, -0.05) is 24.8 Å². The van der Waals surface area contributed by atoms with E-state index in [1.165, 1.54) is 19.1 Å². The molecule has 0 aromatic heterocycles. The molecule has 3 nitrogen and oxygen atoms in total. The van der Waals surface area contributed by atoms with Gasteiger partial charge in [0, 0.05) is 19.3 Å². The molecule has 0 fully saturated rings. The van der Waals surface area contributed by atoms with Crippen molar-refractivity contribution in [1.82, 2.24) is 0 Å². The van der Waals surface area contributed by atoms with E-state index in [0.29, 0.717) is 0 Å². The maximum absolute atomic E-state index is 13.5. The SMILES string of the molecule is C=CCC(O)(C(=C)C)C(F)(F)OCCCF.C=CCC(O)(F)CC=C. The Labute approximate surface area is 147 Å². The van der Waals surface area contributed by atoms with Gasteiger partial charge in [-0.3, -0.25) is 4.39 Å². The van der Waals surface area contributed by atoms with Crippen molar-refractivity contribution in [1.29, 1.82) is 0 Å². The number of alkyl halides is 4. The normalized spacial score (nSPS) is 13.9. The third kappa shape index (κ3) is 9.57. The van der Waals surface area contributed by atoms with Crippen LogP contribution in [0.1, 0.15) is 32.6 Å². The number of hydrogen-bond donors (Lipinski definition) is 2. The topological polar surface area (TPSA) is 49.7 Å². The van der Waals surface area contributed by atoms with Crippen LogP contribution in [0.3, 0.4) is 0 Å². The Hall–Kier alpha value is -1.44. The van der Waals surface area contributed by atoms with Crippen molar-refractivity contribution in [3.63, 3.8) is 0 Å². The summed E-state index contributed by atoms with van der Waals surface area (Å²) in [5.41, 5.74) is -2.62. The molecule has 0 saturated carbocycles. The summed E-state index contributed by atoms with van der Waals surface area (Å²) in [6, 6.07) is 0. The minimum absolute atomic E-state index is 0.0426. The number of rotatable bonds is 12. The quantitative estimate of drug-likeness (QED) is 0.300. The van der Waals surface area contributed by atoms with Gasteiger partial charge in [0.1, 0.15) is 0 Å². The molecule has 0 aliphatic heterocycles. The summed E-state index contributed by atoms with van der Waals surface area (Å²) < 4.78 is 55.5. The van der Waals surface area contributed by atoms with E-state index in [1.54, 1.807) is 0 Å². The molecule has 0 heterocycles. The van der Waals surface area contributed by atoms with Gasteiger partial charge >= 0.3 is 6.11 Å². The Morgan fingerprint density at radius 2 is 1.44 bits per heavy atom. The Morgan fingerprint density at radius 1 is 1.00 bits per heavy atom. The first kappa shape index (κ1) is 25.8. The summed E-state index contributed by atoms with van der Waals surface area (Å²) >= 11 is 0. The highest BCUT2D eigenvalue weighted by atomic mass is 19.3. The van der Waals surface area contributed by atoms with Crippen LogP contribution in [0.2, 0.25) is 0 Å². The summed E-state index contributed by atoms with van der Waals surface area (Å²) in [6.45, 7) is 13.2. The lowest BCUT2D eigenvalue weighted by molar-refractivity contribution is -0.317. The molecule has 0 aromatic carbocycles. The summed E-state index contributed by atoms with van der Waals surface area (Å²) in [4.78, 5) is 0. The molecule has 25 heavy (non-hydrogen) atoms. The fourth-order valence-corrected chi connectivity index (χ4v) is 1.65. The van der Waals surface area contributed by atoms with Crippen LogP contribution in [0.4, 0.5) is 17.6 Å². The number of ether oxygens (including phenoxy) is 1. The molecule has 1 unspecified atom stereocenters. The number of hydrogen-bond acceptors (Lipinski definition) is 3. The smallest absolute Gasteiger partial charge is 0.377 e. The van der Waals surface area contributed by atoms with E-state index in [-0.39, 0.29) is 31.3 Å². The highest BCUT2D eigenvalue weighted by Gasteiger charge is 2.53. The van der Waals surface area contributed by atoms with Gasteiger partial charge in [-0.25, -0.2) is 4.39 Å². The first-order valence-electron chi connectivity index (χ1n) is 7.64. The van der Waals surface area contributed by atoms with Gasteiger partial charge in [0.2, 0.25) is 5.85 Å². The van der Waals surface area contributed by atoms with Gasteiger partial charge in [-0.2, -0.15) is 8.78 Å². The Bertz CT molecular complexity index is 424. The number of aliphatic hydroxyl groups is 2. The summed E-state index contributed by atoms with van der Waals surface area (Å²) in [6.07, 6.45) is -0.588. The van der Waals surface area contributed by atoms with E-state index in [4.69, 9.17) is 5.11 Å². The van der Waals surface area contributed by atoms with Crippen LogP contribution < -0.4 is 0 Å². The van der Waals surface area contributed by atoms with Crippen LogP contribution in [-0.2, 0) is 4.74 Å². The average Bonchev–Trinajstić information content (AvgIpc) is 2.47. The molecule has 0 aromatic rings. The monoisotopic (exact) mass is 368 g/mol. The molecule has 0 radical (unpaired) electrons. The van der Waals surface area contributed by atoms with Crippen LogP contribution in [0, 0.1) is 0 Å². The first-order valence-corrected chi connectivity index (χ1v) is 7.64. The van der Waals surface area contributed by atoms with Gasteiger partial charge in [-0.15, -0.1) is 19.7 Å². The average molecular weight is 368 g/mol. The molecule has 146 valence electrons. The van der Waals surface area contributed by atoms with E-state index >= 15 is 0 Å². The van der Waals surface area contributed by atoms with E-state index in [1.807, 2.05) is 0 Å². The molecular formula is C18H28F4O3. The third-order valence-electron chi connectivity index (χ3n) is 3.10. The van der Waals surface area contributed by atoms with E-state index in [2.05, 4.69) is 31.1 Å². The third-order valence-corrected chi connectivity index (χ3v) is 3.10. The van der Waals surface area contributed by atoms with Crippen molar-refractivity contribution in [3.05, 3.63) is 50.1 Å².